The second-order valence-electron chi connectivity index (χ2n) is 1.88. The third-order valence-corrected chi connectivity index (χ3v) is 0.743. The Hall–Kier alpha value is -2.04. The van der Waals surface area contributed by atoms with E-state index in [-0.39, 0.29) is 6.61 Å². The fourth-order valence-electron chi connectivity index (χ4n) is 0.218. The molecular formula is C9H12O5. The second kappa shape index (κ2) is 9.05. The molecule has 78 valence electrons. The first-order chi connectivity index (χ1) is 6.45. The summed E-state index contributed by atoms with van der Waals surface area (Å²) in [4.78, 5) is 19.5. The summed E-state index contributed by atoms with van der Waals surface area (Å²) < 4.78 is 4.35. The molecule has 0 unspecified atom stereocenters. The molecule has 0 aliphatic carbocycles. The molecule has 5 nitrogen and oxygen atoms in total. The molecule has 0 aromatic carbocycles. The fraction of sp³-hybridized carbons (Fsp3) is 0.111. The van der Waals surface area contributed by atoms with Crippen molar-refractivity contribution in [1.29, 1.82) is 0 Å². The van der Waals surface area contributed by atoms with Crippen LogP contribution >= 0.6 is 0 Å². The average Bonchev–Trinajstić information content (AvgIpc) is 2.14. The molecule has 0 amide bonds. The van der Waals surface area contributed by atoms with Gasteiger partial charge >= 0.3 is 11.9 Å². The number of carbonyl (C=O) groups excluding carboxylic acids is 1. The minimum Gasteiger partial charge on any atom is -0.502 e. The predicted molar refractivity (Wildman–Crippen MR) is 50.8 cm³/mol. The molecule has 0 rings (SSSR count). The van der Waals surface area contributed by atoms with Crippen molar-refractivity contribution in [3.8, 4) is 0 Å². The highest BCUT2D eigenvalue weighted by Crippen LogP contribution is 1.87. The first-order valence-electron chi connectivity index (χ1n) is 3.47. The van der Waals surface area contributed by atoms with Gasteiger partial charge in [-0.3, -0.25) is 0 Å². The molecule has 0 fully saturated rings. The number of aliphatic hydroxyl groups excluding tert-OH is 1. The Morgan fingerprint density at radius 2 is 1.71 bits per heavy atom. The number of esters is 1. The monoisotopic (exact) mass is 200 g/mol. The van der Waals surface area contributed by atoms with Gasteiger partial charge in [0, 0.05) is 6.08 Å². The summed E-state index contributed by atoms with van der Waals surface area (Å²) in [6.07, 6.45) is 2.24. The number of hydrogen-bond acceptors (Lipinski definition) is 4. The van der Waals surface area contributed by atoms with Crippen LogP contribution in [0.4, 0.5) is 0 Å². The van der Waals surface area contributed by atoms with Crippen molar-refractivity contribution in [2.45, 2.75) is 0 Å². The SMILES string of the molecule is C=CC(=O)O.C=CCOC(=O)C(=C)O. The quantitative estimate of drug-likeness (QED) is 0.306. The van der Waals surface area contributed by atoms with Crippen molar-refractivity contribution in [3.63, 3.8) is 0 Å². The van der Waals surface area contributed by atoms with Gasteiger partial charge in [-0.1, -0.05) is 19.2 Å². The lowest BCUT2D eigenvalue weighted by atomic mass is 10.6. The number of carboxylic acid groups (broad SMARTS) is 1. The molecule has 0 spiro atoms. The maximum absolute atomic E-state index is 10.3. The number of hydrogen-bond donors (Lipinski definition) is 2. The topological polar surface area (TPSA) is 83.8 Å². The van der Waals surface area contributed by atoms with Gasteiger partial charge in [-0.05, 0) is 6.58 Å². The van der Waals surface area contributed by atoms with E-state index in [0.717, 1.165) is 6.08 Å². The normalized spacial score (nSPS) is 7.43. The highest BCUT2D eigenvalue weighted by atomic mass is 16.5. The largest absolute Gasteiger partial charge is 0.502 e. The molecule has 0 heterocycles. The fourth-order valence-corrected chi connectivity index (χ4v) is 0.218. The molecule has 0 radical (unpaired) electrons. The van der Waals surface area contributed by atoms with Crippen LogP contribution in [0, 0.1) is 0 Å². The van der Waals surface area contributed by atoms with Gasteiger partial charge in [0.1, 0.15) is 6.61 Å². The molecule has 0 saturated heterocycles. The molecule has 5 heteroatoms. The lowest BCUT2D eigenvalue weighted by molar-refractivity contribution is -0.140. The van der Waals surface area contributed by atoms with Crippen LogP contribution in [0.25, 0.3) is 0 Å². The Morgan fingerprint density at radius 1 is 1.29 bits per heavy atom. The Balaban J connectivity index is 0. The molecule has 0 aromatic heterocycles. The van der Waals surface area contributed by atoms with Crippen LogP contribution in [0.1, 0.15) is 0 Å². The maximum atomic E-state index is 10.3. The Morgan fingerprint density at radius 3 is 1.93 bits per heavy atom. The molecular weight excluding hydrogens is 188 g/mol. The molecule has 0 bridgehead atoms. The number of aliphatic carboxylic acids is 1. The molecule has 0 aliphatic heterocycles. The summed E-state index contributed by atoms with van der Waals surface area (Å²) >= 11 is 0. The van der Waals surface area contributed by atoms with Gasteiger partial charge < -0.3 is 14.9 Å². The third-order valence-electron chi connectivity index (χ3n) is 0.743. The molecule has 0 saturated carbocycles. The van der Waals surface area contributed by atoms with Crippen LogP contribution in [0.3, 0.4) is 0 Å². The standard InChI is InChI=1S/C6H8O3.C3H4O2/c1-3-4-9-6(8)5(2)7;1-2-3(4)5/h3,7H,1-2,4H2;2H,1H2,(H,4,5). The number of rotatable bonds is 4. The van der Waals surface area contributed by atoms with Crippen LogP contribution < -0.4 is 0 Å². The van der Waals surface area contributed by atoms with Crippen molar-refractivity contribution in [3.05, 3.63) is 37.6 Å². The van der Waals surface area contributed by atoms with Gasteiger partial charge in [-0.25, -0.2) is 9.59 Å². The van der Waals surface area contributed by atoms with E-state index < -0.39 is 17.7 Å². The van der Waals surface area contributed by atoms with Crippen molar-refractivity contribution >= 4 is 11.9 Å². The van der Waals surface area contributed by atoms with Gasteiger partial charge in [0.2, 0.25) is 0 Å². The summed E-state index contributed by atoms with van der Waals surface area (Å²) in [5.41, 5.74) is 0. The number of carboxylic acids is 1. The van der Waals surface area contributed by atoms with E-state index >= 15 is 0 Å². The van der Waals surface area contributed by atoms with Crippen LogP contribution in [-0.2, 0) is 14.3 Å². The zero-order valence-electron chi connectivity index (χ0n) is 7.60. The number of carbonyl (C=O) groups is 2. The lowest BCUT2D eigenvalue weighted by Crippen LogP contribution is -2.05. The minimum atomic E-state index is -0.981. The zero-order chi connectivity index (χ0) is 11.6. The first-order valence-corrected chi connectivity index (χ1v) is 3.47. The van der Waals surface area contributed by atoms with Crippen molar-refractivity contribution in [1.82, 2.24) is 0 Å². The van der Waals surface area contributed by atoms with Crippen LogP contribution in [0.5, 0.6) is 0 Å². The van der Waals surface area contributed by atoms with Crippen molar-refractivity contribution < 1.29 is 24.5 Å². The highest BCUT2D eigenvalue weighted by molar-refractivity contribution is 5.84. The van der Waals surface area contributed by atoms with Gasteiger partial charge in [-0.2, -0.15) is 0 Å². The molecule has 0 aliphatic rings. The average molecular weight is 200 g/mol. The molecule has 14 heavy (non-hydrogen) atoms. The van der Waals surface area contributed by atoms with Crippen molar-refractivity contribution in [2.24, 2.45) is 0 Å². The van der Waals surface area contributed by atoms with E-state index in [2.05, 4.69) is 24.5 Å². The summed E-state index contributed by atoms with van der Waals surface area (Å²) in [6.45, 7) is 9.31. The maximum Gasteiger partial charge on any atom is 0.373 e. The number of ether oxygens (including phenoxy) is 1. The van der Waals surface area contributed by atoms with E-state index in [1.807, 2.05) is 0 Å². The van der Waals surface area contributed by atoms with E-state index in [4.69, 9.17) is 10.2 Å². The Bertz CT molecular complexity index is 242. The molecule has 2 N–H and O–H groups in total. The third kappa shape index (κ3) is 12.6. The van der Waals surface area contributed by atoms with E-state index in [9.17, 15) is 9.59 Å². The van der Waals surface area contributed by atoms with Crippen LogP contribution in [0.15, 0.2) is 37.6 Å². The second-order valence-corrected chi connectivity index (χ2v) is 1.88. The van der Waals surface area contributed by atoms with Gasteiger partial charge in [-0.15, -0.1) is 0 Å². The summed E-state index contributed by atoms with van der Waals surface area (Å²) in [6, 6.07) is 0. The van der Waals surface area contributed by atoms with E-state index in [1.54, 1.807) is 0 Å². The van der Waals surface area contributed by atoms with E-state index in [0.29, 0.717) is 0 Å². The van der Waals surface area contributed by atoms with Crippen LogP contribution in [0.2, 0.25) is 0 Å². The van der Waals surface area contributed by atoms with Crippen molar-refractivity contribution in [2.75, 3.05) is 6.61 Å². The first kappa shape index (κ1) is 14.5. The van der Waals surface area contributed by atoms with E-state index in [1.165, 1.54) is 6.08 Å². The molecule has 0 atom stereocenters. The highest BCUT2D eigenvalue weighted by Gasteiger charge is 2.02. The summed E-state index contributed by atoms with van der Waals surface area (Å²) in [5, 5.41) is 15.9. The zero-order valence-corrected chi connectivity index (χ0v) is 7.60. The summed E-state index contributed by atoms with van der Waals surface area (Å²) in [5.74, 6) is -2.38. The van der Waals surface area contributed by atoms with Gasteiger partial charge in [0.05, 0.1) is 0 Å². The lowest BCUT2D eigenvalue weighted by Gasteiger charge is -1.96. The van der Waals surface area contributed by atoms with Gasteiger partial charge in [0.15, 0.2) is 5.76 Å². The number of aliphatic hydroxyl groups is 1. The minimum absolute atomic E-state index is 0.0956. The van der Waals surface area contributed by atoms with Crippen LogP contribution in [-0.4, -0.2) is 28.8 Å². The molecule has 0 aromatic rings. The Labute approximate surface area is 81.6 Å². The predicted octanol–water partition coefficient (Wildman–Crippen LogP) is 1.04. The smallest absolute Gasteiger partial charge is 0.373 e. The van der Waals surface area contributed by atoms with Gasteiger partial charge in [0.25, 0.3) is 0 Å². The Kier molecular flexibility index (Phi) is 9.36. The summed E-state index contributed by atoms with van der Waals surface area (Å²) in [7, 11) is 0.